The molecule has 5 rings (SSSR count). The van der Waals surface area contributed by atoms with Crippen LogP contribution in [0.25, 0.3) is 0 Å². The van der Waals surface area contributed by atoms with Gasteiger partial charge in [0.2, 0.25) is 5.91 Å². The Balaban J connectivity index is 1.50. The van der Waals surface area contributed by atoms with E-state index in [1.807, 2.05) is 6.92 Å². The van der Waals surface area contributed by atoms with E-state index in [1.165, 1.54) is 19.1 Å². The molecule has 2 fully saturated rings. The van der Waals surface area contributed by atoms with Gasteiger partial charge in [0, 0.05) is 43.7 Å². The number of hydrogen-bond donors (Lipinski definition) is 1. The van der Waals surface area contributed by atoms with E-state index in [1.54, 1.807) is 4.90 Å². The zero-order valence-electron chi connectivity index (χ0n) is 23.9. The number of rotatable bonds is 6. The Morgan fingerprint density at radius 3 is 2.54 bits per heavy atom. The highest BCUT2D eigenvalue weighted by Gasteiger charge is 2.42. The van der Waals surface area contributed by atoms with Crippen LogP contribution in [0.4, 0.5) is 24.8 Å². The molecule has 3 atom stereocenters. The van der Waals surface area contributed by atoms with Crippen molar-refractivity contribution in [3.05, 3.63) is 46.8 Å². The Kier molecular flexibility index (Phi) is 8.13. The first-order chi connectivity index (χ1) is 19.5. The molecule has 0 spiro atoms. The fourth-order valence-corrected chi connectivity index (χ4v) is 6.43. The van der Waals surface area contributed by atoms with Gasteiger partial charge in [0.05, 0.1) is 17.0 Å². The van der Waals surface area contributed by atoms with E-state index in [2.05, 4.69) is 28.4 Å². The summed E-state index contributed by atoms with van der Waals surface area (Å²) in [6.07, 6.45) is -0.367. The summed E-state index contributed by atoms with van der Waals surface area (Å²) in [7, 11) is 2.06. The van der Waals surface area contributed by atoms with Crippen molar-refractivity contribution in [1.29, 1.82) is 0 Å². The summed E-state index contributed by atoms with van der Waals surface area (Å²) in [4.78, 5) is 32.1. The predicted octanol–water partition coefficient (Wildman–Crippen LogP) is 3.61. The number of hydrogen-bond acceptors (Lipinski definition) is 8. The monoisotopic (exact) mass is 573 g/mol. The molecule has 222 valence electrons. The standard InChI is InChI=1S/C29H38F3N7O2/c1-5-24(40)38-9-11-39(12-10-38)27-21-13-17(2)20(26-25(29(30,31)32)18(3)14-23(33)35-26)15-22(21)34-28(36-27)41-16-19-7-6-8-37(19)4/h5,14,17,19-20H,1,6-13,15-16H2,2-4H3,(H2,33,35)/t17-,19-,20-/m0/s1. The molecular formula is C29H38F3N7O2. The average molecular weight is 574 g/mol. The molecular weight excluding hydrogens is 535 g/mol. The molecule has 2 aromatic rings. The van der Waals surface area contributed by atoms with Crippen molar-refractivity contribution in [1.82, 2.24) is 24.8 Å². The van der Waals surface area contributed by atoms with Crippen molar-refractivity contribution >= 4 is 17.5 Å². The minimum atomic E-state index is -4.55. The number of likely N-dealkylation sites (N-methyl/N-ethyl adjacent to an activating group) is 1. The van der Waals surface area contributed by atoms with E-state index in [9.17, 15) is 18.0 Å². The predicted molar refractivity (Wildman–Crippen MR) is 150 cm³/mol. The lowest BCUT2D eigenvalue weighted by Gasteiger charge is -2.38. The van der Waals surface area contributed by atoms with E-state index in [0.717, 1.165) is 30.8 Å². The molecule has 1 amide bonds. The first-order valence-corrected chi connectivity index (χ1v) is 14.2. The summed E-state index contributed by atoms with van der Waals surface area (Å²) < 4.78 is 48.8. The molecule has 2 N–H and O–H groups in total. The zero-order valence-corrected chi connectivity index (χ0v) is 23.9. The highest BCUT2D eigenvalue weighted by molar-refractivity contribution is 5.87. The molecule has 1 aliphatic carbocycles. The van der Waals surface area contributed by atoms with Crippen molar-refractivity contribution in [2.24, 2.45) is 5.92 Å². The lowest BCUT2D eigenvalue weighted by molar-refractivity contribution is -0.139. The summed E-state index contributed by atoms with van der Waals surface area (Å²) in [5.74, 6) is 0.000123. The van der Waals surface area contributed by atoms with E-state index < -0.39 is 17.7 Å². The maximum Gasteiger partial charge on any atom is 0.418 e. The molecule has 3 aliphatic rings. The lowest BCUT2D eigenvalue weighted by atomic mass is 9.75. The van der Waals surface area contributed by atoms with Crippen LogP contribution in [0.2, 0.25) is 0 Å². The zero-order chi connectivity index (χ0) is 29.5. The van der Waals surface area contributed by atoms with Gasteiger partial charge in [-0.3, -0.25) is 4.79 Å². The molecule has 4 heterocycles. The molecule has 41 heavy (non-hydrogen) atoms. The van der Waals surface area contributed by atoms with Crippen molar-refractivity contribution in [3.8, 4) is 6.01 Å². The fourth-order valence-electron chi connectivity index (χ4n) is 6.43. The average Bonchev–Trinajstić information content (AvgIpc) is 3.34. The van der Waals surface area contributed by atoms with Gasteiger partial charge in [0.25, 0.3) is 0 Å². The van der Waals surface area contributed by atoms with Crippen LogP contribution in [0, 0.1) is 12.8 Å². The number of fused-ring (bicyclic) bond motifs is 1. The van der Waals surface area contributed by atoms with Crippen LogP contribution in [0.5, 0.6) is 6.01 Å². The number of anilines is 2. The molecule has 2 aromatic heterocycles. The fraction of sp³-hybridized carbons (Fsp3) is 0.586. The summed E-state index contributed by atoms with van der Waals surface area (Å²) in [5.41, 5.74) is 6.86. The van der Waals surface area contributed by atoms with Crippen LogP contribution in [-0.2, 0) is 23.8 Å². The second-order valence-corrected chi connectivity index (χ2v) is 11.5. The van der Waals surface area contributed by atoms with Gasteiger partial charge in [-0.25, -0.2) is 4.98 Å². The number of carbonyl (C=O) groups is 1. The van der Waals surface area contributed by atoms with Crippen LogP contribution in [0.15, 0.2) is 18.7 Å². The quantitative estimate of drug-likeness (QED) is 0.524. The topological polar surface area (TPSA) is 101 Å². The number of amides is 1. The van der Waals surface area contributed by atoms with E-state index >= 15 is 0 Å². The minimum absolute atomic E-state index is 0.0279. The molecule has 0 aromatic carbocycles. The summed E-state index contributed by atoms with van der Waals surface area (Å²) in [6, 6.07) is 1.76. The Morgan fingerprint density at radius 1 is 1.17 bits per heavy atom. The molecule has 0 unspecified atom stereocenters. The van der Waals surface area contributed by atoms with Crippen molar-refractivity contribution in [2.75, 3.05) is 57.0 Å². The summed E-state index contributed by atoms with van der Waals surface area (Å²) in [6.45, 7) is 10.6. The number of halogens is 3. The number of carbonyl (C=O) groups excluding carboxylic acids is 1. The van der Waals surface area contributed by atoms with Gasteiger partial charge in [-0.15, -0.1) is 0 Å². The van der Waals surface area contributed by atoms with Gasteiger partial charge < -0.3 is 25.2 Å². The number of nitrogens with two attached hydrogens (primary N) is 1. The van der Waals surface area contributed by atoms with Gasteiger partial charge in [-0.2, -0.15) is 23.1 Å². The number of ether oxygens (including phenoxy) is 1. The van der Waals surface area contributed by atoms with E-state index in [0.29, 0.717) is 44.9 Å². The normalized spacial score (nSPS) is 23.4. The third-order valence-electron chi connectivity index (χ3n) is 8.72. The number of pyridine rings is 1. The largest absolute Gasteiger partial charge is 0.462 e. The number of aromatic nitrogens is 3. The second-order valence-electron chi connectivity index (χ2n) is 11.5. The highest BCUT2D eigenvalue weighted by Crippen LogP contribution is 2.45. The van der Waals surface area contributed by atoms with Crippen LogP contribution in [0.3, 0.4) is 0 Å². The van der Waals surface area contributed by atoms with Gasteiger partial charge in [-0.1, -0.05) is 13.5 Å². The Bertz CT molecular complexity index is 1310. The van der Waals surface area contributed by atoms with Crippen molar-refractivity contribution in [3.63, 3.8) is 0 Å². The first-order valence-electron chi connectivity index (χ1n) is 14.2. The first kappa shape index (κ1) is 29.1. The van der Waals surface area contributed by atoms with E-state index in [-0.39, 0.29) is 47.4 Å². The summed E-state index contributed by atoms with van der Waals surface area (Å²) >= 11 is 0. The van der Waals surface area contributed by atoms with Gasteiger partial charge in [-0.05, 0) is 69.8 Å². The van der Waals surface area contributed by atoms with Crippen LogP contribution in [-0.4, -0.2) is 83.1 Å². The molecule has 2 saturated heterocycles. The van der Waals surface area contributed by atoms with Gasteiger partial charge in [0.1, 0.15) is 18.2 Å². The van der Waals surface area contributed by atoms with Crippen LogP contribution >= 0.6 is 0 Å². The van der Waals surface area contributed by atoms with Gasteiger partial charge >= 0.3 is 12.2 Å². The smallest absolute Gasteiger partial charge is 0.418 e. The number of nitrogens with zero attached hydrogens (tertiary/aromatic N) is 6. The molecule has 9 nitrogen and oxygen atoms in total. The third kappa shape index (κ3) is 5.98. The number of alkyl halides is 3. The van der Waals surface area contributed by atoms with E-state index in [4.69, 9.17) is 20.4 Å². The number of piperazine rings is 1. The van der Waals surface area contributed by atoms with Crippen LogP contribution < -0.4 is 15.4 Å². The number of nitrogen functional groups attached to an aromatic ring is 1. The summed E-state index contributed by atoms with van der Waals surface area (Å²) in [5, 5.41) is 0. The van der Waals surface area contributed by atoms with Gasteiger partial charge in [0.15, 0.2) is 0 Å². The van der Waals surface area contributed by atoms with Crippen molar-refractivity contribution in [2.45, 2.75) is 57.7 Å². The Morgan fingerprint density at radius 2 is 1.90 bits per heavy atom. The van der Waals surface area contributed by atoms with Crippen LogP contribution in [0.1, 0.15) is 53.8 Å². The maximum absolute atomic E-state index is 14.2. The lowest BCUT2D eigenvalue weighted by Crippen LogP contribution is -2.49. The minimum Gasteiger partial charge on any atom is -0.462 e. The Hall–Kier alpha value is -3.41. The number of aryl methyl sites for hydroxylation is 1. The number of likely N-dealkylation sites (tertiary alicyclic amines) is 1. The second kappa shape index (κ2) is 11.5. The molecule has 2 aliphatic heterocycles. The molecule has 0 saturated carbocycles. The third-order valence-corrected chi connectivity index (χ3v) is 8.72. The SMILES string of the molecule is C=CC(=O)N1CCN(c2nc(OC[C@@H]3CCCN3C)nc3c2C[C@H](C)[C@@H](c2nc(N)cc(C)c2C(F)(F)F)C3)CC1. The van der Waals surface area contributed by atoms with Crippen molar-refractivity contribution < 1.29 is 22.7 Å². The molecule has 0 bridgehead atoms. The molecule has 0 radical (unpaired) electrons. The Labute approximate surface area is 238 Å². The molecule has 12 heteroatoms. The maximum atomic E-state index is 14.2. The highest BCUT2D eigenvalue weighted by atomic mass is 19.4.